The summed E-state index contributed by atoms with van der Waals surface area (Å²) in [7, 11) is 0. The molecule has 5 nitrogen and oxygen atoms in total. The first-order valence-electron chi connectivity index (χ1n) is 8.19. The molecule has 0 aromatic heterocycles. The summed E-state index contributed by atoms with van der Waals surface area (Å²) >= 11 is 18.6. The quantitative estimate of drug-likeness (QED) is 0.428. The van der Waals surface area contributed by atoms with Gasteiger partial charge in [-0.1, -0.05) is 55.6 Å². The molecule has 0 aliphatic carbocycles. The van der Waals surface area contributed by atoms with Gasteiger partial charge in [-0.15, -0.1) is 0 Å². The van der Waals surface area contributed by atoms with Gasteiger partial charge in [-0.2, -0.15) is 0 Å². The smallest absolute Gasteiger partial charge is 0.310 e. The second-order valence-corrected chi connectivity index (χ2v) is 7.15. The van der Waals surface area contributed by atoms with E-state index < -0.39 is 5.97 Å². The van der Waals surface area contributed by atoms with Crippen LogP contribution in [0.5, 0.6) is 17.2 Å². The first kappa shape index (κ1) is 21.4. The Morgan fingerprint density at radius 1 is 1.00 bits per heavy atom. The lowest BCUT2D eigenvalue weighted by Crippen LogP contribution is -2.17. The number of anilines is 1. The van der Waals surface area contributed by atoms with Crippen molar-refractivity contribution < 1.29 is 19.1 Å². The van der Waals surface area contributed by atoms with Gasteiger partial charge in [-0.3, -0.25) is 9.59 Å². The van der Waals surface area contributed by atoms with Crippen molar-refractivity contribution in [2.75, 3.05) is 5.32 Å². The van der Waals surface area contributed by atoms with Crippen LogP contribution in [0, 0.1) is 5.92 Å². The largest absolute Gasteiger partial charge is 0.454 e. The van der Waals surface area contributed by atoms with E-state index in [0.717, 1.165) is 0 Å². The zero-order chi connectivity index (χ0) is 20.1. The summed E-state index contributed by atoms with van der Waals surface area (Å²) < 4.78 is 10.8. The molecule has 0 aliphatic rings. The minimum Gasteiger partial charge on any atom is -0.454 e. The Morgan fingerprint density at radius 3 is 2.11 bits per heavy atom. The summed E-state index contributed by atoms with van der Waals surface area (Å²) in [6.07, 6.45) is 0.228. The van der Waals surface area contributed by atoms with E-state index >= 15 is 0 Å². The summed E-state index contributed by atoms with van der Waals surface area (Å²) in [6, 6.07) is 7.66. The fourth-order valence-electron chi connectivity index (χ4n) is 1.95. The molecule has 0 heterocycles. The maximum Gasteiger partial charge on any atom is 0.310 e. The summed E-state index contributed by atoms with van der Waals surface area (Å²) in [5, 5.41) is 3.39. The maximum atomic E-state index is 11.8. The number of hydrogen-bond acceptors (Lipinski definition) is 4. The van der Waals surface area contributed by atoms with Crippen molar-refractivity contribution in [3.05, 3.63) is 45.4 Å². The van der Waals surface area contributed by atoms with Crippen LogP contribution in [0.4, 0.5) is 5.69 Å². The lowest BCUT2D eigenvalue weighted by molar-refractivity contribution is -0.134. The molecule has 2 aromatic carbocycles. The van der Waals surface area contributed by atoms with Crippen LogP contribution in [-0.4, -0.2) is 11.9 Å². The van der Waals surface area contributed by atoms with Crippen LogP contribution in [0.25, 0.3) is 0 Å². The Morgan fingerprint density at radius 2 is 1.59 bits per heavy atom. The highest BCUT2D eigenvalue weighted by atomic mass is 35.5. The number of rotatable bonds is 6. The van der Waals surface area contributed by atoms with E-state index in [9.17, 15) is 9.59 Å². The third-order valence-corrected chi connectivity index (χ3v) is 4.31. The zero-order valence-corrected chi connectivity index (χ0v) is 17.2. The molecule has 0 unspecified atom stereocenters. The highest BCUT2D eigenvalue weighted by molar-refractivity contribution is 6.37. The standard InChI is InChI=1S/C19H18Cl3NO4/c1-4-17(24)26-12-8-14(21)18(15(22)9-12)27-11-5-6-16(13(20)7-11)23-19(25)10(2)3/h5-10H,4H2,1-3H3,(H,23,25). The number of esters is 1. The fraction of sp³-hybridized carbons (Fsp3) is 0.263. The lowest BCUT2D eigenvalue weighted by atomic mass is 10.2. The molecule has 0 saturated heterocycles. The van der Waals surface area contributed by atoms with Crippen molar-refractivity contribution in [3.8, 4) is 17.2 Å². The Hall–Kier alpha value is -1.95. The van der Waals surface area contributed by atoms with E-state index in [1.54, 1.807) is 32.9 Å². The topological polar surface area (TPSA) is 64.6 Å². The van der Waals surface area contributed by atoms with Gasteiger partial charge in [-0.05, 0) is 12.1 Å². The van der Waals surface area contributed by atoms with Crippen molar-refractivity contribution in [1.82, 2.24) is 0 Å². The van der Waals surface area contributed by atoms with Gasteiger partial charge >= 0.3 is 5.97 Å². The van der Waals surface area contributed by atoms with E-state index in [2.05, 4.69) is 5.32 Å². The number of carbonyl (C=O) groups is 2. The number of carbonyl (C=O) groups excluding carboxylic acids is 2. The number of nitrogens with one attached hydrogen (secondary N) is 1. The molecule has 1 N–H and O–H groups in total. The Bertz CT molecular complexity index is 845. The molecule has 2 rings (SSSR count). The molecule has 0 spiro atoms. The lowest BCUT2D eigenvalue weighted by Gasteiger charge is -2.14. The molecule has 0 radical (unpaired) electrons. The molecule has 0 fully saturated rings. The number of amides is 1. The molecular weight excluding hydrogens is 413 g/mol. The van der Waals surface area contributed by atoms with Crippen molar-refractivity contribution in [3.63, 3.8) is 0 Å². The van der Waals surface area contributed by atoms with Gasteiger partial charge in [0.1, 0.15) is 11.5 Å². The van der Waals surface area contributed by atoms with Gasteiger partial charge in [0.15, 0.2) is 5.75 Å². The Balaban J connectivity index is 2.20. The fourth-order valence-corrected chi connectivity index (χ4v) is 2.71. The predicted octanol–water partition coefficient (Wildman–Crippen LogP) is 6.35. The molecule has 8 heteroatoms. The van der Waals surface area contributed by atoms with Crippen LogP contribution in [0.1, 0.15) is 27.2 Å². The average molecular weight is 431 g/mol. The first-order valence-corrected chi connectivity index (χ1v) is 9.32. The summed E-state index contributed by atoms with van der Waals surface area (Å²) in [5.74, 6) is 0.0914. The van der Waals surface area contributed by atoms with Crippen LogP contribution in [-0.2, 0) is 9.59 Å². The minimum absolute atomic E-state index is 0.145. The summed E-state index contributed by atoms with van der Waals surface area (Å²) in [4.78, 5) is 23.2. The molecule has 0 bridgehead atoms. The van der Waals surface area contributed by atoms with E-state index in [0.29, 0.717) is 16.5 Å². The SMILES string of the molecule is CCC(=O)Oc1cc(Cl)c(Oc2ccc(NC(=O)C(C)C)c(Cl)c2)c(Cl)c1. The summed E-state index contributed by atoms with van der Waals surface area (Å²) in [5.41, 5.74) is 0.474. The molecule has 144 valence electrons. The maximum absolute atomic E-state index is 11.8. The van der Waals surface area contributed by atoms with Crippen LogP contribution in [0.2, 0.25) is 15.1 Å². The molecule has 0 atom stereocenters. The second kappa shape index (κ2) is 9.31. The third kappa shape index (κ3) is 5.76. The highest BCUT2D eigenvalue weighted by Gasteiger charge is 2.15. The molecule has 27 heavy (non-hydrogen) atoms. The molecular formula is C19H18Cl3NO4. The predicted molar refractivity (Wildman–Crippen MR) is 107 cm³/mol. The van der Waals surface area contributed by atoms with Crippen molar-refractivity contribution >= 4 is 52.4 Å². The molecule has 1 amide bonds. The molecule has 0 saturated carbocycles. The van der Waals surface area contributed by atoms with Crippen molar-refractivity contribution in [2.45, 2.75) is 27.2 Å². The van der Waals surface area contributed by atoms with Gasteiger partial charge in [0, 0.05) is 30.5 Å². The van der Waals surface area contributed by atoms with Gasteiger partial charge in [0.2, 0.25) is 5.91 Å². The second-order valence-electron chi connectivity index (χ2n) is 5.93. The van der Waals surface area contributed by atoms with Crippen LogP contribution in [0.15, 0.2) is 30.3 Å². The van der Waals surface area contributed by atoms with Crippen LogP contribution >= 0.6 is 34.8 Å². The van der Waals surface area contributed by atoms with Crippen molar-refractivity contribution in [1.29, 1.82) is 0 Å². The number of halogens is 3. The highest BCUT2D eigenvalue weighted by Crippen LogP contribution is 2.40. The van der Waals surface area contributed by atoms with Gasteiger partial charge in [0.25, 0.3) is 0 Å². The van der Waals surface area contributed by atoms with Gasteiger partial charge < -0.3 is 14.8 Å². The monoisotopic (exact) mass is 429 g/mol. The van der Waals surface area contributed by atoms with Crippen LogP contribution < -0.4 is 14.8 Å². The van der Waals surface area contributed by atoms with Gasteiger partial charge in [0.05, 0.1) is 20.8 Å². The minimum atomic E-state index is -0.401. The third-order valence-electron chi connectivity index (χ3n) is 3.43. The molecule has 0 aliphatic heterocycles. The normalized spacial score (nSPS) is 10.6. The van der Waals surface area contributed by atoms with E-state index in [1.807, 2.05) is 0 Å². The average Bonchev–Trinajstić information content (AvgIpc) is 2.60. The number of benzene rings is 2. The van der Waals surface area contributed by atoms with Crippen LogP contribution in [0.3, 0.4) is 0 Å². The van der Waals surface area contributed by atoms with E-state index in [-0.39, 0.29) is 39.8 Å². The van der Waals surface area contributed by atoms with E-state index in [4.69, 9.17) is 44.3 Å². The summed E-state index contributed by atoms with van der Waals surface area (Å²) in [6.45, 7) is 5.25. The Kier molecular flexibility index (Phi) is 7.36. The van der Waals surface area contributed by atoms with E-state index in [1.165, 1.54) is 18.2 Å². The molecule has 2 aromatic rings. The van der Waals surface area contributed by atoms with Gasteiger partial charge in [-0.25, -0.2) is 0 Å². The Labute approximate surface area is 172 Å². The number of hydrogen-bond donors (Lipinski definition) is 1. The van der Waals surface area contributed by atoms with Crippen molar-refractivity contribution in [2.24, 2.45) is 5.92 Å². The first-order chi connectivity index (χ1) is 12.7. The number of ether oxygens (including phenoxy) is 2. The zero-order valence-electron chi connectivity index (χ0n) is 14.9.